The predicted octanol–water partition coefficient (Wildman–Crippen LogP) is 18.9. The van der Waals surface area contributed by atoms with Gasteiger partial charge in [0.1, 0.15) is 0 Å². The maximum atomic E-state index is 4.79. The molecule has 358 valence electrons. The van der Waals surface area contributed by atoms with Crippen molar-refractivity contribution in [1.82, 2.24) is 9.97 Å². The Morgan fingerprint density at radius 1 is 0.250 bits per heavy atom. The van der Waals surface area contributed by atoms with Crippen LogP contribution in [-0.2, 0) is 10.8 Å². The molecule has 0 N–H and O–H groups in total. The van der Waals surface area contributed by atoms with Gasteiger partial charge < -0.3 is 0 Å². The van der Waals surface area contributed by atoms with Crippen LogP contribution < -0.4 is 0 Å². The SMILES string of the molecule is Cc1nc(C)c(-c2cccc(-c3ccc4c(c3)C3(c5ccccc5-c5ccccc53)c3cc(-c5ccc6c(c5)C5(c7ccccc7-c7ccccc75)c5cc(-c7cccc(-c8sc(C)nc8C)c7)ccc5-6)ccc3-4)c2)s1. The minimum atomic E-state index is -0.518. The number of thiazole rings is 2. The number of benzene rings is 10. The van der Waals surface area contributed by atoms with E-state index in [2.05, 4.69) is 246 Å². The van der Waals surface area contributed by atoms with Gasteiger partial charge in [0, 0.05) is 0 Å². The zero-order valence-electron chi connectivity index (χ0n) is 42.5. The Kier molecular flexibility index (Phi) is 9.22. The van der Waals surface area contributed by atoms with Crippen LogP contribution in [0.15, 0.2) is 218 Å². The molecule has 4 aliphatic rings. The van der Waals surface area contributed by atoms with Crippen LogP contribution in [0.25, 0.3) is 98.8 Å². The summed E-state index contributed by atoms with van der Waals surface area (Å²) in [4.78, 5) is 12.0. The highest BCUT2D eigenvalue weighted by Gasteiger charge is 2.53. The van der Waals surface area contributed by atoms with Crippen molar-refractivity contribution in [2.45, 2.75) is 38.5 Å². The third-order valence-corrected chi connectivity index (χ3v) is 19.5. The first-order valence-electron chi connectivity index (χ1n) is 26.4. The third-order valence-electron chi connectivity index (χ3n) is 17.2. The van der Waals surface area contributed by atoms with Gasteiger partial charge >= 0.3 is 0 Å². The maximum absolute atomic E-state index is 4.79. The van der Waals surface area contributed by atoms with E-state index in [0.29, 0.717) is 0 Å². The van der Waals surface area contributed by atoms with E-state index in [1.165, 1.54) is 143 Å². The zero-order valence-corrected chi connectivity index (χ0v) is 44.1. The molecular formula is C72H48N2S2. The van der Waals surface area contributed by atoms with E-state index in [1.54, 1.807) is 22.7 Å². The molecule has 2 heterocycles. The molecule has 16 rings (SSSR count). The molecule has 0 radical (unpaired) electrons. The van der Waals surface area contributed by atoms with Crippen LogP contribution in [-0.4, -0.2) is 9.97 Å². The van der Waals surface area contributed by atoms with Gasteiger partial charge in [0.15, 0.2) is 0 Å². The average Bonchev–Trinajstić information content (AvgIpc) is 4.35. The number of hydrogen-bond donors (Lipinski definition) is 0. The fourth-order valence-electron chi connectivity index (χ4n) is 14.3. The van der Waals surface area contributed by atoms with Crippen LogP contribution in [0.5, 0.6) is 0 Å². The van der Waals surface area contributed by atoms with E-state index in [9.17, 15) is 0 Å². The Labute approximate surface area is 451 Å². The van der Waals surface area contributed by atoms with Crippen LogP contribution in [0.3, 0.4) is 0 Å². The molecule has 12 aromatic rings. The molecule has 4 aliphatic carbocycles. The quantitative estimate of drug-likeness (QED) is 0.172. The number of rotatable bonds is 5. The van der Waals surface area contributed by atoms with Crippen LogP contribution in [0.1, 0.15) is 65.9 Å². The topological polar surface area (TPSA) is 25.8 Å². The Bertz CT molecular complexity index is 4110. The maximum Gasteiger partial charge on any atom is 0.0903 e. The molecule has 4 heteroatoms. The molecule has 0 unspecified atom stereocenters. The summed E-state index contributed by atoms with van der Waals surface area (Å²) in [5.74, 6) is 0. The van der Waals surface area contributed by atoms with Gasteiger partial charge in [-0.05, 0) is 198 Å². The number of fused-ring (bicyclic) bond motifs is 20. The van der Waals surface area contributed by atoms with Crippen LogP contribution in [0.4, 0.5) is 0 Å². The molecule has 76 heavy (non-hydrogen) atoms. The second-order valence-electron chi connectivity index (χ2n) is 21.2. The minimum absolute atomic E-state index is 0.518. The van der Waals surface area contributed by atoms with Crippen molar-refractivity contribution in [3.8, 4) is 98.8 Å². The molecular weight excluding hydrogens is 957 g/mol. The van der Waals surface area contributed by atoms with Crippen molar-refractivity contribution < 1.29 is 0 Å². The lowest BCUT2D eigenvalue weighted by atomic mass is 9.69. The lowest BCUT2D eigenvalue weighted by Gasteiger charge is -2.31. The van der Waals surface area contributed by atoms with Crippen molar-refractivity contribution in [2.75, 3.05) is 0 Å². The number of hydrogen-bond acceptors (Lipinski definition) is 4. The monoisotopic (exact) mass is 1000 g/mol. The summed E-state index contributed by atoms with van der Waals surface area (Å²) in [6.45, 7) is 8.45. The number of aromatic nitrogens is 2. The van der Waals surface area contributed by atoms with Gasteiger partial charge in [0.2, 0.25) is 0 Å². The van der Waals surface area contributed by atoms with E-state index in [4.69, 9.17) is 9.97 Å². The van der Waals surface area contributed by atoms with Crippen LogP contribution in [0.2, 0.25) is 0 Å². The number of nitrogens with zero attached hydrogens (tertiary/aromatic N) is 2. The largest absolute Gasteiger partial charge is 0.246 e. The van der Waals surface area contributed by atoms with E-state index < -0.39 is 10.8 Å². The third kappa shape index (κ3) is 5.86. The van der Waals surface area contributed by atoms with Crippen molar-refractivity contribution >= 4 is 22.7 Å². The normalized spacial score (nSPS) is 14.0. The standard InChI is InChI=1S/C72H48N2S2/c1-41-69(75-43(3)73-41)51-17-13-15-45(35-51)47-27-31-57-59-33-29-49(39-67(59)71(65(57)37-47)61-23-9-5-19-53(61)54-20-6-10-24-62(54)71)50-30-34-60-58-32-28-48(46-16-14-18-52(36-46)70-42(2)74-44(4)76-70)38-66(58)72(68(60)40-50)63-25-11-7-21-55(63)56-22-8-12-26-64(56)72/h5-40H,1-4H3. The second kappa shape index (κ2) is 16.0. The molecule has 0 fully saturated rings. The molecule has 0 amide bonds. The van der Waals surface area contributed by atoms with Crippen molar-refractivity contribution in [3.05, 3.63) is 284 Å². The first-order valence-corrected chi connectivity index (χ1v) is 28.0. The van der Waals surface area contributed by atoms with Crippen molar-refractivity contribution in [2.24, 2.45) is 0 Å². The highest BCUT2D eigenvalue weighted by atomic mass is 32.1. The summed E-state index contributed by atoms with van der Waals surface area (Å²) in [5.41, 5.74) is 32.0. The van der Waals surface area contributed by atoms with Crippen molar-refractivity contribution in [3.63, 3.8) is 0 Å². The van der Waals surface area contributed by atoms with Gasteiger partial charge in [-0.3, -0.25) is 0 Å². The van der Waals surface area contributed by atoms with E-state index in [0.717, 1.165) is 21.4 Å². The van der Waals surface area contributed by atoms with Gasteiger partial charge in [0.25, 0.3) is 0 Å². The van der Waals surface area contributed by atoms with E-state index in [1.807, 2.05) is 0 Å². The zero-order chi connectivity index (χ0) is 50.6. The molecule has 0 aliphatic heterocycles. The predicted molar refractivity (Wildman–Crippen MR) is 317 cm³/mol. The summed E-state index contributed by atoms with van der Waals surface area (Å²) in [5, 5.41) is 2.19. The summed E-state index contributed by atoms with van der Waals surface area (Å²) in [6, 6.07) is 83.9. The summed E-state index contributed by atoms with van der Waals surface area (Å²) >= 11 is 3.55. The molecule has 0 bridgehead atoms. The summed E-state index contributed by atoms with van der Waals surface area (Å²) in [7, 11) is 0. The van der Waals surface area contributed by atoms with Gasteiger partial charge in [-0.15, -0.1) is 22.7 Å². The summed E-state index contributed by atoms with van der Waals surface area (Å²) in [6.07, 6.45) is 0. The number of aryl methyl sites for hydroxylation is 4. The van der Waals surface area contributed by atoms with Crippen LogP contribution in [0, 0.1) is 27.7 Å². The Morgan fingerprint density at radius 3 is 0.803 bits per heavy atom. The fraction of sp³-hybridized carbons (Fsp3) is 0.0833. The lowest BCUT2D eigenvalue weighted by molar-refractivity contribution is 0.793. The Hall–Kier alpha value is -8.54. The smallest absolute Gasteiger partial charge is 0.0903 e. The highest BCUT2D eigenvalue weighted by Crippen LogP contribution is 2.66. The molecule has 2 nitrogen and oxygen atoms in total. The Morgan fingerprint density at radius 2 is 0.513 bits per heavy atom. The molecule has 0 saturated heterocycles. The molecule has 2 spiro atoms. The second-order valence-corrected chi connectivity index (χ2v) is 23.6. The lowest BCUT2D eigenvalue weighted by Crippen LogP contribution is -2.26. The Balaban J connectivity index is 0.890. The molecule has 0 saturated carbocycles. The van der Waals surface area contributed by atoms with Gasteiger partial charge in [0.05, 0.1) is 42.0 Å². The minimum Gasteiger partial charge on any atom is -0.246 e. The average molecular weight is 1010 g/mol. The van der Waals surface area contributed by atoms with E-state index >= 15 is 0 Å². The van der Waals surface area contributed by atoms with Gasteiger partial charge in [-0.25, -0.2) is 9.97 Å². The molecule has 10 aromatic carbocycles. The molecule has 0 atom stereocenters. The highest BCUT2D eigenvalue weighted by molar-refractivity contribution is 7.15. The van der Waals surface area contributed by atoms with Crippen molar-refractivity contribution in [1.29, 1.82) is 0 Å². The van der Waals surface area contributed by atoms with Gasteiger partial charge in [-0.2, -0.15) is 0 Å². The first kappa shape index (κ1) is 43.8. The van der Waals surface area contributed by atoms with Crippen LogP contribution >= 0.6 is 22.7 Å². The van der Waals surface area contributed by atoms with E-state index in [-0.39, 0.29) is 0 Å². The first-order chi connectivity index (χ1) is 37.3. The molecule has 2 aromatic heterocycles. The summed E-state index contributed by atoms with van der Waals surface area (Å²) < 4.78 is 0. The fourth-order valence-corrected chi connectivity index (χ4v) is 16.1. The van der Waals surface area contributed by atoms with Gasteiger partial charge in [-0.1, -0.05) is 182 Å².